The molecule has 0 aromatic heterocycles. The minimum Gasteiger partial charge on any atom is -0.496 e. The highest BCUT2D eigenvalue weighted by Crippen LogP contribution is 2.32. The van der Waals surface area contributed by atoms with Crippen LogP contribution in [0.25, 0.3) is 0 Å². The topological polar surface area (TPSA) is 75.7 Å². The Morgan fingerprint density at radius 3 is 2.35 bits per heavy atom. The van der Waals surface area contributed by atoms with Crippen molar-refractivity contribution < 1.29 is 17.9 Å². The zero-order valence-electron chi connectivity index (χ0n) is 19.1. The van der Waals surface area contributed by atoms with Crippen LogP contribution in [0.4, 0.5) is 5.69 Å². The van der Waals surface area contributed by atoms with E-state index in [2.05, 4.69) is 19.2 Å². The second-order valence-corrected chi connectivity index (χ2v) is 10.4. The Morgan fingerprint density at radius 2 is 1.81 bits per heavy atom. The number of carbonyl (C=O) groups is 1. The van der Waals surface area contributed by atoms with Crippen LogP contribution in [0.15, 0.2) is 30.3 Å². The van der Waals surface area contributed by atoms with Crippen molar-refractivity contribution in [3.8, 4) is 5.75 Å². The molecule has 1 amide bonds. The molecule has 1 N–H and O–H groups in total. The van der Waals surface area contributed by atoms with Gasteiger partial charge < -0.3 is 10.1 Å². The van der Waals surface area contributed by atoms with E-state index in [9.17, 15) is 13.2 Å². The molecule has 0 spiro atoms. The number of nitrogens with zero attached hydrogens (tertiary/aromatic N) is 1. The molecule has 0 bridgehead atoms. The highest BCUT2D eigenvalue weighted by Gasteiger charge is 2.24. The number of nitrogens with one attached hydrogen (secondary N) is 1. The third-order valence-electron chi connectivity index (χ3n) is 5.28. The predicted molar refractivity (Wildman–Crippen MR) is 127 cm³/mol. The van der Waals surface area contributed by atoms with Gasteiger partial charge in [0.15, 0.2) is 0 Å². The molecule has 0 saturated heterocycles. The van der Waals surface area contributed by atoms with Crippen molar-refractivity contribution in [2.24, 2.45) is 0 Å². The van der Waals surface area contributed by atoms with Crippen LogP contribution in [0, 0.1) is 13.8 Å². The third-order valence-corrected chi connectivity index (χ3v) is 6.82. The molecule has 0 saturated carbocycles. The molecule has 6 nitrogen and oxygen atoms in total. The van der Waals surface area contributed by atoms with Crippen LogP contribution in [0.1, 0.15) is 55.0 Å². The maximum Gasteiger partial charge on any atom is 0.241 e. The van der Waals surface area contributed by atoms with E-state index in [4.69, 9.17) is 16.3 Å². The van der Waals surface area contributed by atoms with Crippen LogP contribution in [0.2, 0.25) is 5.02 Å². The van der Waals surface area contributed by atoms with Gasteiger partial charge >= 0.3 is 0 Å². The zero-order valence-corrected chi connectivity index (χ0v) is 20.7. The second-order valence-electron chi connectivity index (χ2n) is 8.05. The first kappa shape index (κ1) is 25.0. The molecule has 2 aromatic carbocycles. The van der Waals surface area contributed by atoms with Gasteiger partial charge in [-0.15, -0.1) is 0 Å². The van der Waals surface area contributed by atoms with E-state index < -0.39 is 15.9 Å². The number of ether oxygens (including phenoxy) is 1. The summed E-state index contributed by atoms with van der Waals surface area (Å²) >= 11 is 6.16. The van der Waals surface area contributed by atoms with Crippen LogP contribution in [-0.4, -0.2) is 34.2 Å². The maximum absolute atomic E-state index is 12.8. The SMILES string of the molecule is COc1cc(C)c(C(C)NC(=O)CN(c2cccc(Cl)c2C)S(C)(=O)=O)cc1C(C)C. The first-order valence-corrected chi connectivity index (χ1v) is 12.3. The molecule has 2 aromatic rings. The molecule has 1 unspecified atom stereocenters. The Hall–Kier alpha value is -2.25. The summed E-state index contributed by atoms with van der Waals surface area (Å²) < 4.78 is 31.4. The average molecular weight is 467 g/mol. The largest absolute Gasteiger partial charge is 0.496 e. The average Bonchev–Trinajstić information content (AvgIpc) is 2.67. The molecule has 0 heterocycles. The molecule has 8 heteroatoms. The second kappa shape index (κ2) is 9.92. The van der Waals surface area contributed by atoms with Crippen molar-refractivity contribution in [1.82, 2.24) is 5.32 Å². The summed E-state index contributed by atoms with van der Waals surface area (Å²) in [7, 11) is -2.05. The van der Waals surface area contributed by atoms with Crippen molar-refractivity contribution in [2.45, 2.75) is 46.6 Å². The molecular weight excluding hydrogens is 436 g/mol. The fraction of sp³-hybridized carbons (Fsp3) is 0.435. The van der Waals surface area contributed by atoms with Crippen molar-refractivity contribution in [2.75, 3.05) is 24.2 Å². The van der Waals surface area contributed by atoms with Crippen molar-refractivity contribution in [3.05, 3.63) is 57.6 Å². The number of anilines is 1. The Balaban J connectivity index is 2.29. The third kappa shape index (κ3) is 5.92. The number of halogens is 1. The highest BCUT2D eigenvalue weighted by molar-refractivity contribution is 7.92. The van der Waals surface area contributed by atoms with Gasteiger partial charge in [0.1, 0.15) is 12.3 Å². The molecule has 31 heavy (non-hydrogen) atoms. The van der Waals surface area contributed by atoms with Crippen LogP contribution < -0.4 is 14.4 Å². The normalized spacial score (nSPS) is 12.5. The highest BCUT2D eigenvalue weighted by atomic mass is 35.5. The molecule has 0 fully saturated rings. The quantitative estimate of drug-likeness (QED) is 0.610. The molecule has 2 rings (SSSR count). The summed E-state index contributed by atoms with van der Waals surface area (Å²) in [6, 6.07) is 8.68. The molecular formula is C23H31ClN2O4S. The van der Waals surface area contributed by atoms with Gasteiger partial charge in [0, 0.05) is 5.02 Å². The number of aryl methyl sites for hydroxylation is 1. The number of methoxy groups -OCH3 is 1. The Kier molecular flexibility index (Phi) is 8.00. The summed E-state index contributed by atoms with van der Waals surface area (Å²) in [5.74, 6) is 0.664. The van der Waals surface area contributed by atoms with Gasteiger partial charge in [0.25, 0.3) is 0 Å². The number of benzene rings is 2. The lowest BCUT2D eigenvalue weighted by Crippen LogP contribution is -2.41. The Bertz CT molecular complexity index is 1070. The van der Waals surface area contributed by atoms with E-state index in [1.165, 1.54) is 0 Å². The standard InChI is InChI=1S/C23H31ClN2O4S/c1-14(2)18-12-19(15(3)11-22(18)30-6)17(5)25-23(27)13-26(31(7,28)29)21-10-8-9-20(24)16(21)4/h8-12,14,17H,13H2,1-7H3,(H,25,27). The van der Waals surface area contributed by atoms with Crippen LogP contribution >= 0.6 is 11.6 Å². The summed E-state index contributed by atoms with van der Waals surface area (Å²) in [6.07, 6.45) is 1.08. The maximum atomic E-state index is 12.8. The number of rotatable bonds is 8. The number of hydrogen-bond donors (Lipinski definition) is 1. The molecule has 0 aliphatic rings. The number of carbonyl (C=O) groups excluding carboxylic acids is 1. The number of amides is 1. The van der Waals surface area contributed by atoms with Crippen LogP contribution in [-0.2, 0) is 14.8 Å². The molecule has 0 aliphatic heterocycles. The summed E-state index contributed by atoms with van der Waals surface area (Å²) in [6.45, 7) is 9.39. The van der Waals surface area contributed by atoms with Gasteiger partial charge in [-0.2, -0.15) is 0 Å². The Morgan fingerprint density at radius 1 is 1.16 bits per heavy atom. The minimum absolute atomic E-state index is 0.253. The van der Waals surface area contributed by atoms with Gasteiger partial charge in [0.05, 0.1) is 25.1 Å². The van der Waals surface area contributed by atoms with Crippen molar-refractivity contribution in [3.63, 3.8) is 0 Å². The summed E-state index contributed by atoms with van der Waals surface area (Å²) in [5.41, 5.74) is 3.99. The lowest BCUT2D eigenvalue weighted by atomic mass is 9.93. The van der Waals surface area contributed by atoms with Gasteiger partial charge in [-0.25, -0.2) is 8.42 Å². The van der Waals surface area contributed by atoms with E-state index in [-0.39, 0.29) is 18.5 Å². The predicted octanol–water partition coefficient (Wildman–Crippen LogP) is 4.73. The fourth-order valence-corrected chi connectivity index (χ4v) is 4.63. The molecule has 0 radical (unpaired) electrons. The van der Waals surface area contributed by atoms with E-state index in [1.807, 2.05) is 26.0 Å². The number of sulfonamides is 1. The fourth-order valence-electron chi connectivity index (χ4n) is 3.55. The summed E-state index contributed by atoms with van der Waals surface area (Å²) in [5, 5.41) is 3.37. The van der Waals surface area contributed by atoms with Gasteiger partial charge in [-0.1, -0.05) is 31.5 Å². The lowest BCUT2D eigenvalue weighted by molar-refractivity contribution is -0.120. The van der Waals surface area contributed by atoms with Crippen LogP contribution in [0.5, 0.6) is 5.75 Å². The first-order valence-electron chi connectivity index (χ1n) is 10.1. The monoisotopic (exact) mass is 466 g/mol. The van der Waals surface area contributed by atoms with Crippen molar-refractivity contribution in [1.29, 1.82) is 0 Å². The van der Waals surface area contributed by atoms with Gasteiger partial charge in [-0.3, -0.25) is 9.10 Å². The molecule has 1 atom stereocenters. The lowest BCUT2D eigenvalue weighted by Gasteiger charge is -2.26. The smallest absolute Gasteiger partial charge is 0.241 e. The summed E-state index contributed by atoms with van der Waals surface area (Å²) in [4.78, 5) is 12.8. The van der Waals surface area contributed by atoms with E-state index in [0.717, 1.165) is 33.0 Å². The van der Waals surface area contributed by atoms with Crippen LogP contribution in [0.3, 0.4) is 0 Å². The van der Waals surface area contributed by atoms with Crippen molar-refractivity contribution >= 4 is 33.2 Å². The molecule has 0 aliphatic carbocycles. The minimum atomic E-state index is -3.69. The Labute approximate surface area is 190 Å². The van der Waals surface area contributed by atoms with E-state index in [0.29, 0.717) is 16.3 Å². The molecule has 170 valence electrons. The van der Waals surface area contributed by atoms with E-state index in [1.54, 1.807) is 32.2 Å². The number of hydrogen-bond acceptors (Lipinski definition) is 4. The zero-order chi connectivity index (χ0) is 23.5. The van der Waals surface area contributed by atoms with Gasteiger partial charge in [0.2, 0.25) is 15.9 Å². The van der Waals surface area contributed by atoms with Gasteiger partial charge in [-0.05, 0) is 73.2 Å². The van der Waals surface area contributed by atoms with E-state index >= 15 is 0 Å². The first-order chi connectivity index (χ1) is 14.4.